The highest BCUT2D eigenvalue weighted by Crippen LogP contribution is 2.29. The molecule has 20 heavy (non-hydrogen) atoms. The molecule has 0 radical (unpaired) electrons. The van der Waals surface area contributed by atoms with Crippen LogP contribution in [-0.4, -0.2) is 25.2 Å². The Morgan fingerprint density at radius 1 is 1.40 bits per heavy atom. The third kappa shape index (κ3) is 4.10. The number of nitrogens with one attached hydrogen (secondary N) is 2. The Kier molecular flexibility index (Phi) is 5.64. The number of anilines is 2. The first-order chi connectivity index (χ1) is 9.72. The van der Waals surface area contributed by atoms with E-state index in [-0.39, 0.29) is 0 Å². The van der Waals surface area contributed by atoms with E-state index >= 15 is 0 Å². The van der Waals surface area contributed by atoms with Crippen LogP contribution < -0.4 is 15.4 Å². The molecule has 0 atom stereocenters. The lowest BCUT2D eigenvalue weighted by molar-refractivity contribution is 0.415. The second kappa shape index (κ2) is 7.47. The average molecular weight is 312 g/mol. The van der Waals surface area contributed by atoms with Gasteiger partial charge in [0.25, 0.3) is 0 Å². The molecule has 0 saturated carbocycles. The summed E-state index contributed by atoms with van der Waals surface area (Å²) in [7, 11) is 1.60. The van der Waals surface area contributed by atoms with E-state index in [1.165, 1.54) is 0 Å². The van der Waals surface area contributed by atoms with E-state index < -0.39 is 0 Å². The predicted molar refractivity (Wildman–Crippen MR) is 85.6 cm³/mol. The summed E-state index contributed by atoms with van der Waals surface area (Å²) in [6.45, 7) is 4.04. The summed E-state index contributed by atoms with van der Waals surface area (Å²) in [5.41, 5.74) is 2.00. The van der Waals surface area contributed by atoms with Crippen molar-refractivity contribution < 1.29 is 4.74 Å². The molecule has 0 aliphatic heterocycles. The fourth-order valence-electron chi connectivity index (χ4n) is 1.74. The second-order valence-electron chi connectivity index (χ2n) is 4.22. The minimum Gasteiger partial charge on any atom is -0.495 e. The van der Waals surface area contributed by atoms with Crippen molar-refractivity contribution in [1.29, 1.82) is 0 Å². The summed E-state index contributed by atoms with van der Waals surface area (Å²) in [5.74, 6) is 0.669. The van der Waals surface area contributed by atoms with Crippen molar-refractivity contribution in [1.82, 2.24) is 10.3 Å². The third-order valence-electron chi connectivity index (χ3n) is 2.76. The van der Waals surface area contributed by atoms with Crippen LogP contribution in [0.4, 0.5) is 10.8 Å². The number of thiazole rings is 1. The Morgan fingerprint density at radius 2 is 2.25 bits per heavy atom. The van der Waals surface area contributed by atoms with E-state index in [9.17, 15) is 0 Å². The van der Waals surface area contributed by atoms with Gasteiger partial charge in [0.05, 0.1) is 17.8 Å². The fraction of sp³-hybridized carbons (Fsp3) is 0.357. The number of methoxy groups -OCH3 is 1. The predicted octanol–water partition coefficient (Wildman–Crippen LogP) is 3.70. The molecule has 0 amide bonds. The van der Waals surface area contributed by atoms with Crippen molar-refractivity contribution in [2.45, 2.75) is 13.3 Å². The number of benzene rings is 1. The Balaban J connectivity index is 1.97. The molecule has 1 aromatic carbocycles. The van der Waals surface area contributed by atoms with Gasteiger partial charge >= 0.3 is 0 Å². The minimum atomic E-state index is 0.585. The lowest BCUT2D eigenvalue weighted by Gasteiger charge is -2.06. The Morgan fingerprint density at radius 3 is 2.95 bits per heavy atom. The van der Waals surface area contributed by atoms with Gasteiger partial charge in [-0.3, -0.25) is 0 Å². The third-order valence-corrected chi connectivity index (χ3v) is 3.86. The summed E-state index contributed by atoms with van der Waals surface area (Å²) in [6.07, 6.45) is 0.940. The van der Waals surface area contributed by atoms with Crippen molar-refractivity contribution >= 4 is 33.8 Å². The number of ether oxygens (including phenoxy) is 1. The number of nitrogens with zero attached hydrogens (tertiary/aromatic N) is 1. The first-order valence-corrected chi connectivity index (χ1v) is 7.74. The topological polar surface area (TPSA) is 46.2 Å². The zero-order valence-corrected chi connectivity index (χ0v) is 13.1. The molecule has 0 bridgehead atoms. The van der Waals surface area contributed by atoms with Gasteiger partial charge in [0.15, 0.2) is 5.13 Å². The van der Waals surface area contributed by atoms with Gasteiger partial charge in [0, 0.05) is 24.0 Å². The summed E-state index contributed by atoms with van der Waals surface area (Å²) >= 11 is 7.69. The van der Waals surface area contributed by atoms with Crippen LogP contribution in [0.5, 0.6) is 5.75 Å². The van der Waals surface area contributed by atoms with Gasteiger partial charge < -0.3 is 15.4 Å². The molecule has 108 valence electrons. The van der Waals surface area contributed by atoms with E-state index in [0.717, 1.165) is 36.0 Å². The number of hydrogen-bond donors (Lipinski definition) is 2. The van der Waals surface area contributed by atoms with Crippen LogP contribution in [-0.2, 0) is 6.42 Å². The standard InChI is InChI=1S/C14H18ClN3OS/c1-3-16-7-6-11-9-20-14(18-11)17-10-4-5-13(19-2)12(15)8-10/h4-5,8-9,16H,3,6-7H2,1-2H3,(H,17,18). The van der Waals surface area contributed by atoms with Crippen LogP contribution in [0.1, 0.15) is 12.6 Å². The van der Waals surface area contributed by atoms with Crippen molar-refractivity contribution in [3.8, 4) is 5.75 Å². The van der Waals surface area contributed by atoms with Crippen LogP contribution in [0.3, 0.4) is 0 Å². The van der Waals surface area contributed by atoms with Gasteiger partial charge in [-0.2, -0.15) is 0 Å². The van der Waals surface area contributed by atoms with Crippen molar-refractivity contribution in [3.05, 3.63) is 34.3 Å². The second-order valence-corrected chi connectivity index (χ2v) is 5.49. The molecule has 0 aliphatic carbocycles. The number of halogens is 1. The van der Waals surface area contributed by atoms with Crippen LogP contribution in [0, 0.1) is 0 Å². The monoisotopic (exact) mass is 311 g/mol. The first-order valence-electron chi connectivity index (χ1n) is 6.48. The average Bonchev–Trinajstić information content (AvgIpc) is 2.87. The van der Waals surface area contributed by atoms with E-state index in [1.54, 1.807) is 18.4 Å². The van der Waals surface area contributed by atoms with Gasteiger partial charge in [-0.25, -0.2) is 4.98 Å². The number of aromatic nitrogens is 1. The van der Waals surface area contributed by atoms with Gasteiger partial charge in [-0.15, -0.1) is 11.3 Å². The molecule has 6 heteroatoms. The minimum absolute atomic E-state index is 0.585. The van der Waals surface area contributed by atoms with E-state index in [2.05, 4.69) is 27.9 Å². The number of hydrogen-bond acceptors (Lipinski definition) is 5. The summed E-state index contributed by atoms with van der Waals surface area (Å²) < 4.78 is 5.13. The zero-order valence-electron chi connectivity index (χ0n) is 11.6. The molecule has 0 aliphatic rings. The Labute approximate surface area is 128 Å². The molecule has 0 unspecified atom stereocenters. The van der Waals surface area contributed by atoms with Gasteiger partial charge in [-0.05, 0) is 24.7 Å². The van der Waals surface area contributed by atoms with Crippen LogP contribution in [0.25, 0.3) is 0 Å². The first kappa shape index (κ1) is 15.1. The lowest BCUT2D eigenvalue weighted by Crippen LogP contribution is -2.16. The van der Waals surface area contributed by atoms with Gasteiger partial charge in [0.1, 0.15) is 5.75 Å². The molecule has 1 heterocycles. The number of likely N-dealkylation sites (N-methyl/N-ethyl adjacent to an activating group) is 1. The smallest absolute Gasteiger partial charge is 0.187 e. The summed E-state index contributed by atoms with van der Waals surface area (Å²) in [5, 5.41) is 10.1. The van der Waals surface area contributed by atoms with E-state index in [0.29, 0.717) is 10.8 Å². The zero-order chi connectivity index (χ0) is 14.4. The largest absolute Gasteiger partial charge is 0.495 e. The van der Waals surface area contributed by atoms with Crippen molar-refractivity contribution in [2.75, 3.05) is 25.5 Å². The normalized spacial score (nSPS) is 10.6. The van der Waals surface area contributed by atoms with Gasteiger partial charge in [-0.1, -0.05) is 18.5 Å². The van der Waals surface area contributed by atoms with E-state index in [4.69, 9.17) is 16.3 Å². The van der Waals surface area contributed by atoms with Crippen molar-refractivity contribution in [3.63, 3.8) is 0 Å². The maximum absolute atomic E-state index is 6.10. The molecule has 2 rings (SSSR count). The summed E-state index contributed by atoms with van der Waals surface area (Å²) in [4.78, 5) is 4.54. The molecular formula is C14H18ClN3OS. The molecule has 2 aromatic rings. The van der Waals surface area contributed by atoms with Crippen LogP contribution >= 0.6 is 22.9 Å². The van der Waals surface area contributed by atoms with Gasteiger partial charge in [0.2, 0.25) is 0 Å². The SMILES string of the molecule is CCNCCc1csc(Nc2ccc(OC)c(Cl)c2)n1. The highest BCUT2D eigenvalue weighted by atomic mass is 35.5. The highest BCUT2D eigenvalue weighted by molar-refractivity contribution is 7.13. The van der Waals surface area contributed by atoms with Crippen LogP contribution in [0.2, 0.25) is 5.02 Å². The Bertz CT molecular complexity index is 559. The molecule has 1 aromatic heterocycles. The highest BCUT2D eigenvalue weighted by Gasteiger charge is 2.05. The number of rotatable bonds is 7. The lowest BCUT2D eigenvalue weighted by atomic mass is 10.3. The molecule has 0 spiro atoms. The van der Waals surface area contributed by atoms with E-state index in [1.807, 2.05) is 18.2 Å². The molecule has 0 fully saturated rings. The molecular weight excluding hydrogens is 294 g/mol. The van der Waals surface area contributed by atoms with Crippen LogP contribution in [0.15, 0.2) is 23.6 Å². The fourth-order valence-corrected chi connectivity index (χ4v) is 2.76. The quantitative estimate of drug-likeness (QED) is 0.765. The molecule has 2 N–H and O–H groups in total. The maximum Gasteiger partial charge on any atom is 0.187 e. The van der Waals surface area contributed by atoms with Crippen molar-refractivity contribution in [2.24, 2.45) is 0 Å². The maximum atomic E-state index is 6.10. The Hall–Kier alpha value is -1.30. The molecule has 4 nitrogen and oxygen atoms in total. The molecule has 0 saturated heterocycles. The summed E-state index contributed by atoms with van der Waals surface area (Å²) in [6, 6.07) is 5.59.